The zero-order chi connectivity index (χ0) is 30.0. The van der Waals surface area contributed by atoms with Crippen LogP contribution in [0.4, 0.5) is 33.5 Å². The van der Waals surface area contributed by atoms with Gasteiger partial charge in [0, 0.05) is 42.2 Å². The van der Waals surface area contributed by atoms with E-state index in [0.29, 0.717) is 37.4 Å². The van der Waals surface area contributed by atoms with Crippen LogP contribution in [0.2, 0.25) is 0 Å². The highest BCUT2D eigenvalue weighted by Gasteiger charge is 2.63. The van der Waals surface area contributed by atoms with Gasteiger partial charge < -0.3 is 30.5 Å². The molecule has 2 aromatic rings. The average molecular weight is 575 g/mol. The Morgan fingerprint density at radius 2 is 1.98 bits per heavy atom. The van der Waals surface area contributed by atoms with Gasteiger partial charge in [-0.25, -0.2) is 9.37 Å². The fourth-order valence-corrected chi connectivity index (χ4v) is 5.09. The van der Waals surface area contributed by atoms with E-state index in [1.165, 1.54) is 26.0 Å². The molecule has 4 rings (SSSR count). The number of amides is 2. The molecule has 2 amide bonds. The van der Waals surface area contributed by atoms with Crippen LogP contribution >= 0.6 is 0 Å². The summed E-state index contributed by atoms with van der Waals surface area (Å²) in [6, 6.07) is 5.18. The van der Waals surface area contributed by atoms with Crippen molar-refractivity contribution >= 4 is 23.8 Å². The van der Waals surface area contributed by atoms with Crippen LogP contribution in [0.5, 0.6) is 5.75 Å². The van der Waals surface area contributed by atoms with E-state index in [-0.39, 0.29) is 17.0 Å². The minimum absolute atomic E-state index is 0.0817. The number of nitrogens with one attached hydrogen (secondary N) is 1. The van der Waals surface area contributed by atoms with E-state index in [2.05, 4.69) is 10.3 Å². The molecule has 3 heterocycles. The third-order valence-corrected chi connectivity index (χ3v) is 7.33. The number of benzene rings is 1. The second-order valence-corrected chi connectivity index (χ2v) is 9.84. The van der Waals surface area contributed by atoms with E-state index in [1.54, 1.807) is 6.07 Å². The Bertz CT molecular complexity index is 1250. The lowest BCUT2D eigenvalue weighted by molar-refractivity contribution is -0.273. The van der Waals surface area contributed by atoms with Gasteiger partial charge in [0.15, 0.2) is 17.2 Å². The third kappa shape index (κ3) is 6.12. The first kappa shape index (κ1) is 31.0. The van der Waals surface area contributed by atoms with Gasteiger partial charge >= 0.3 is 6.18 Å². The number of aliphatic hydroxyl groups excluding tert-OH is 1. The summed E-state index contributed by atoms with van der Waals surface area (Å²) in [6.45, 7) is 4.95. The van der Waals surface area contributed by atoms with E-state index in [9.17, 15) is 36.6 Å². The summed E-state index contributed by atoms with van der Waals surface area (Å²) < 4.78 is 77.0. The first-order valence-electron chi connectivity index (χ1n) is 12.4. The standard InChI is InChI=1S/C15H17F5O2.C11H14N4O3/c1-7-11(8(2)22-14(7,3)15(18,19)20)9-5-6-10(16)12(17)13(9)21-4;12-11(18)9-3-7(13-6-16)4-10(14-9)15-2-1-8(17)5-15/h5-8,11H,1-4H3;3-4,6,8,17H,1-2,5H2,(H2,12,18)(H,13,14,16)/t7?,8-,11?,14+;/m0./s1. The molecule has 9 nitrogen and oxygen atoms in total. The first-order chi connectivity index (χ1) is 18.6. The van der Waals surface area contributed by atoms with Crippen molar-refractivity contribution in [2.75, 3.05) is 30.4 Å². The summed E-state index contributed by atoms with van der Waals surface area (Å²) in [6.07, 6.45) is -4.62. The topological polar surface area (TPSA) is 127 Å². The summed E-state index contributed by atoms with van der Waals surface area (Å²) in [7, 11) is 1.15. The molecule has 0 bridgehead atoms. The maximum absolute atomic E-state index is 13.8. The summed E-state index contributed by atoms with van der Waals surface area (Å²) in [5.41, 5.74) is 3.54. The number of alkyl halides is 3. The van der Waals surface area contributed by atoms with E-state index < -0.39 is 53.4 Å². The number of β-amino-alcohol motifs (C(OH)–C–C–N with tert-alkyl or cyclic N) is 1. The van der Waals surface area contributed by atoms with Crippen LogP contribution < -0.4 is 20.7 Å². The highest BCUT2D eigenvalue weighted by atomic mass is 19.4. The molecule has 0 spiro atoms. The number of carbonyl (C=O) groups excluding carboxylic acids is 2. The molecule has 0 saturated carbocycles. The Balaban J connectivity index is 0.000000225. The van der Waals surface area contributed by atoms with Crippen molar-refractivity contribution in [3.8, 4) is 5.75 Å². The molecule has 14 heteroatoms. The molecule has 3 unspecified atom stereocenters. The maximum Gasteiger partial charge on any atom is 0.417 e. The van der Waals surface area contributed by atoms with Crippen molar-refractivity contribution in [1.29, 1.82) is 0 Å². The van der Waals surface area contributed by atoms with Gasteiger partial charge in [-0.3, -0.25) is 9.59 Å². The molecule has 0 radical (unpaired) electrons. The Morgan fingerprint density at radius 3 is 2.48 bits per heavy atom. The second-order valence-electron chi connectivity index (χ2n) is 9.84. The molecule has 1 aromatic carbocycles. The van der Waals surface area contributed by atoms with E-state index in [4.69, 9.17) is 15.2 Å². The lowest BCUT2D eigenvalue weighted by atomic mass is 9.77. The predicted molar refractivity (Wildman–Crippen MR) is 135 cm³/mol. The van der Waals surface area contributed by atoms with Gasteiger partial charge in [0.25, 0.3) is 5.91 Å². The number of aromatic nitrogens is 1. The minimum atomic E-state index is -4.57. The van der Waals surface area contributed by atoms with Gasteiger partial charge in [-0.2, -0.15) is 17.6 Å². The van der Waals surface area contributed by atoms with Crippen LogP contribution in [0.25, 0.3) is 0 Å². The lowest BCUT2D eigenvalue weighted by Gasteiger charge is -2.32. The van der Waals surface area contributed by atoms with Gasteiger partial charge in [0.1, 0.15) is 11.5 Å². The van der Waals surface area contributed by atoms with Crippen LogP contribution in [0, 0.1) is 17.6 Å². The Labute approximate surface area is 227 Å². The van der Waals surface area contributed by atoms with Crippen LogP contribution in [-0.4, -0.2) is 66.6 Å². The molecule has 2 saturated heterocycles. The van der Waals surface area contributed by atoms with Gasteiger partial charge in [-0.15, -0.1) is 0 Å². The molecule has 1 aromatic heterocycles. The molecule has 0 aliphatic carbocycles. The molecule has 2 aliphatic rings. The highest BCUT2D eigenvalue weighted by molar-refractivity contribution is 5.93. The summed E-state index contributed by atoms with van der Waals surface area (Å²) >= 11 is 0. The number of hydrogen-bond donors (Lipinski definition) is 3. The molecule has 2 aliphatic heterocycles. The quantitative estimate of drug-likeness (QED) is 0.354. The number of primary amides is 1. The number of aliphatic hydroxyl groups is 1. The van der Waals surface area contributed by atoms with Gasteiger partial charge in [0.05, 0.1) is 19.3 Å². The maximum atomic E-state index is 13.8. The summed E-state index contributed by atoms with van der Waals surface area (Å²) in [5.74, 6) is -4.59. The average Bonchev–Trinajstić information content (AvgIpc) is 3.41. The van der Waals surface area contributed by atoms with Crippen molar-refractivity contribution in [3.05, 3.63) is 47.2 Å². The molecule has 220 valence electrons. The largest absolute Gasteiger partial charge is 0.493 e. The summed E-state index contributed by atoms with van der Waals surface area (Å²) in [5, 5.41) is 11.9. The molecular weight excluding hydrogens is 543 g/mol. The minimum Gasteiger partial charge on any atom is -0.493 e. The second kappa shape index (κ2) is 11.9. The van der Waals surface area contributed by atoms with Gasteiger partial charge in [-0.1, -0.05) is 13.0 Å². The van der Waals surface area contributed by atoms with Crippen LogP contribution in [-0.2, 0) is 9.53 Å². The van der Waals surface area contributed by atoms with Crippen LogP contribution in [0.15, 0.2) is 24.3 Å². The van der Waals surface area contributed by atoms with Crippen molar-refractivity contribution in [3.63, 3.8) is 0 Å². The molecule has 2 fully saturated rings. The SMILES string of the molecule is COc1c(C2C(C)[C@](C)(C(F)(F)F)O[C@H]2C)ccc(F)c1F.NC(=O)c1cc(NC=O)cc(N2CCC(O)C2)n1. The number of anilines is 2. The van der Waals surface area contributed by atoms with E-state index >= 15 is 0 Å². The van der Waals surface area contributed by atoms with Gasteiger partial charge in [-0.05, 0) is 32.4 Å². The van der Waals surface area contributed by atoms with E-state index in [0.717, 1.165) is 20.1 Å². The number of pyridine rings is 1. The fraction of sp³-hybridized carbons (Fsp3) is 0.500. The fourth-order valence-electron chi connectivity index (χ4n) is 5.09. The number of methoxy groups -OCH3 is 1. The van der Waals surface area contributed by atoms with Crippen molar-refractivity contribution in [1.82, 2.24) is 4.98 Å². The zero-order valence-corrected chi connectivity index (χ0v) is 22.3. The van der Waals surface area contributed by atoms with E-state index in [1.807, 2.05) is 4.90 Å². The van der Waals surface area contributed by atoms with Gasteiger partial charge in [0.2, 0.25) is 12.2 Å². The van der Waals surface area contributed by atoms with Crippen molar-refractivity contribution < 1.29 is 46.1 Å². The van der Waals surface area contributed by atoms with Crippen LogP contribution in [0.1, 0.15) is 49.2 Å². The lowest BCUT2D eigenvalue weighted by Crippen LogP contribution is -2.46. The Morgan fingerprint density at radius 1 is 1.30 bits per heavy atom. The van der Waals surface area contributed by atoms with Crippen molar-refractivity contribution in [2.45, 2.75) is 57.1 Å². The molecule has 40 heavy (non-hydrogen) atoms. The number of rotatable bonds is 6. The number of carbonyl (C=O) groups is 2. The smallest absolute Gasteiger partial charge is 0.417 e. The highest BCUT2D eigenvalue weighted by Crippen LogP contribution is 2.54. The zero-order valence-electron chi connectivity index (χ0n) is 22.3. The monoisotopic (exact) mass is 574 g/mol. The van der Waals surface area contributed by atoms with Crippen LogP contribution in [0.3, 0.4) is 0 Å². The summed E-state index contributed by atoms with van der Waals surface area (Å²) in [4.78, 5) is 27.6. The third-order valence-electron chi connectivity index (χ3n) is 7.33. The number of halogens is 5. The van der Waals surface area contributed by atoms with Crippen molar-refractivity contribution in [2.24, 2.45) is 11.7 Å². The molecule has 5 atom stereocenters. The number of hydrogen-bond acceptors (Lipinski definition) is 7. The Hall–Kier alpha value is -3.52. The molecular formula is C26H31F5N4O5. The molecule has 4 N–H and O–H groups in total. The number of nitrogens with two attached hydrogens (primary N) is 1. The number of ether oxygens (including phenoxy) is 2. The first-order valence-corrected chi connectivity index (χ1v) is 12.4. The number of nitrogens with zero attached hydrogens (tertiary/aromatic N) is 2. The predicted octanol–water partition coefficient (Wildman–Crippen LogP) is 3.75. The normalized spacial score (nSPS) is 26.2. The Kier molecular flexibility index (Phi) is 9.24.